The Labute approximate surface area is 946 Å². The summed E-state index contributed by atoms with van der Waals surface area (Å²) in [7, 11) is 85.3. The molecule has 6 N–H and O–H groups in total. The Kier molecular flexibility index (Phi) is 60.8. The van der Waals surface area contributed by atoms with Crippen LogP contribution >= 0.6 is 52.6 Å². The van der Waals surface area contributed by atoms with E-state index in [9.17, 15) is 43.8 Å². The molecule has 0 atom stereocenters. The predicted octanol–water partition coefficient (Wildman–Crippen LogP) is 16.4. The molecule has 0 saturated carbocycles. The van der Waals surface area contributed by atoms with E-state index in [0.29, 0.717) is 52.5 Å². The van der Waals surface area contributed by atoms with E-state index in [0.717, 1.165) is 84.1 Å². The summed E-state index contributed by atoms with van der Waals surface area (Å²) >= 11 is 22.4. The Bertz CT molecular complexity index is 9470. The molecule has 0 aliphatic carbocycles. The molecule has 0 bridgehead atoms. The third-order valence-electron chi connectivity index (χ3n) is 16.2. The third kappa shape index (κ3) is 36.0. The summed E-state index contributed by atoms with van der Waals surface area (Å²) in [5.41, 5.74) is -0.115. The first-order chi connectivity index (χ1) is 65.4. The summed E-state index contributed by atoms with van der Waals surface area (Å²) < 4.78 is 43.2. The van der Waals surface area contributed by atoms with Crippen LogP contribution in [0.25, 0.3) is 125 Å². The molecular weight excluding hydrogens is 2800 g/mol. The number of thiophene rings is 3. The van der Waals surface area contributed by atoms with Crippen LogP contribution in [0, 0.1) is 6.92 Å². The average Bonchev–Trinajstić information content (AvgIpc) is 1.56. The van der Waals surface area contributed by atoms with Crippen molar-refractivity contribution in [3.63, 3.8) is 0 Å². The number of aromatic hydroxyl groups is 4. The number of aryl methyl sites for hydroxylation is 1. The van der Waals surface area contributed by atoms with Crippen molar-refractivity contribution in [3.8, 4) is 40.2 Å². The van der Waals surface area contributed by atoms with Crippen LogP contribution in [0.4, 0.5) is 0 Å². The van der Waals surface area contributed by atoms with Crippen LogP contribution in [0.1, 0.15) is 13.0 Å². The van der Waals surface area contributed by atoms with Gasteiger partial charge in [-0.1, -0.05) is 153 Å². The van der Waals surface area contributed by atoms with Gasteiger partial charge in [0.1, 0.15) is 49.9 Å². The van der Waals surface area contributed by atoms with Gasteiger partial charge in [0.25, 0.3) is 0 Å². The molecule has 734 valence electrons. The molecule has 0 radical (unpaired) electrons. The van der Waals surface area contributed by atoms with Gasteiger partial charge in [0.2, 0.25) is 10.9 Å². The van der Waals surface area contributed by atoms with Crippen LogP contribution in [0.5, 0.6) is 40.2 Å². The average molecular weight is 2850 g/mol. The van der Waals surface area contributed by atoms with Crippen molar-refractivity contribution in [1.82, 2.24) is 0 Å². The molecule has 0 aliphatic heterocycles. The Morgan fingerprint density at radius 1 is 0.287 bits per heavy atom. The number of phenols is 4. The molecule has 69 heteroatoms. The first-order valence-corrected chi connectivity index (χ1v) is 103. The van der Waals surface area contributed by atoms with Crippen molar-refractivity contribution in [3.05, 3.63) is 192 Å². The van der Waals surface area contributed by atoms with E-state index in [4.69, 9.17) is 87.4 Å². The van der Waals surface area contributed by atoms with Crippen LogP contribution in [0.2, 0.25) is 0 Å². The van der Waals surface area contributed by atoms with Crippen molar-refractivity contribution in [2.45, 2.75) is 14.4 Å². The second kappa shape index (κ2) is 66.9. The van der Waals surface area contributed by atoms with Crippen LogP contribution < -0.4 is 35.9 Å². The van der Waals surface area contributed by atoms with Gasteiger partial charge >= 0.3 is 35.6 Å². The van der Waals surface area contributed by atoms with Gasteiger partial charge in [-0.2, -0.15) is 0 Å². The molecule has 0 amide bonds. The standard InChI is InChI=1S/C24H20O3S.C20H12O4S.C20H8O4S.C2H8O4S.CH4.2ClH.S24.S23.Ti/c1-13-14-9-5-6-10-15(14)20(25-2)18-19-21(26-3)16-11-7-8-12-17(16)22(27-4)24(19)28-23(13)18;2*21-15-9-5-1-3-7-11(9)17(23)19-13(15)14-16(22)10-6-2-4-8-12(10)18(24)20(14)25-19;1-7(2,4,5)6-3;;;;1-3-5-7-9-11-13-15-17-19-21-23-24-22-20-18-16-14-12-10-8-6-4-2;1-3-5-7-9-11-13-15-17-19-21-23-22-20-18-16-14-12-10-8-6-4-2;/h5-12H,1-4H3;1-8,21-24H;1-8H;3H,1-2H3,(H,4,5);1H4;2*1H;;;/q;;;;;;;;;+2/p-2. The number of hydrogen-bond donors (Lipinski definition) is 6. The van der Waals surface area contributed by atoms with E-state index < -0.39 is 26.7 Å². The van der Waals surface area contributed by atoms with E-state index in [1.165, 1.54) is 51.2 Å². The van der Waals surface area contributed by atoms with Gasteiger partial charge in [0.05, 0.1) is 71.8 Å². The maximum atomic E-state index is 12.9. The number of rotatable bonds is 4. The van der Waals surface area contributed by atoms with E-state index in [2.05, 4.69) is 47.7 Å². The molecule has 0 aliphatic rings. The Morgan fingerprint density at radius 2 is 0.478 bits per heavy atom. The summed E-state index contributed by atoms with van der Waals surface area (Å²) in [6, 6.07) is 43.7. The first-order valence-electron chi connectivity index (χ1n) is 33.9. The fourth-order valence-electron chi connectivity index (χ4n) is 11.7. The Hall–Kier alpha value is 2.32. The van der Waals surface area contributed by atoms with Gasteiger partial charge in [-0.25, -0.2) is 9.47 Å². The third-order valence-corrected chi connectivity index (χ3v) is 111. The second-order valence-corrected chi connectivity index (χ2v) is 109. The first kappa shape index (κ1) is 124. The summed E-state index contributed by atoms with van der Waals surface area (Å²) in [6.07, 6.45) is 1.80. The van der Waals surface area contributed by atoms with Crippen molar-refractivity contribution < 1.29 is 70.0 Å². The molecular formula is C67H52Cl2O15S51Ti. The molecule has 3 heterocycles. The molecule has 3 aromatic heterocycles. The van der Waals surface area contributed by atoms with Gasteiger partial charge < -0.3 is 39.2 Å². The van der Waals surface area contributed by atoms with Gasteiger partial charge in [-0.3, -0.25) is 19.2 Å². The summed E-state index contributed by atoms with van der Waals surface area (Å²) in [5.74, 6) is 2.68. The molecule has 0 fully saturated rings. The Balaban J connectivity index is 0.000000203. The molecule has 15 nitrogen and oxygen atoms in total. The fraction of sp³-hybridized carbons (Fsp3) is 0.104. The van der Waals surface area contributed by atoms with Gasteiger partial charge in [0, 0.05) is 508 Å². The molecule has 15 aromatic rings. The minimum absolute atomic E-state index is 0. The molecule has 0 spiro atoms. The van der Waals surface area contributed by atoms with Crippen molar-refractivity contribution in [2.24, 2.45) is 0 Å². The number of fused-ring (bicyclic) bond motifs is 15. The zero-order chi connectivity index (χ0) is 97.3. The predicted molar refractivity (Wildman–Crippen MR) is 712 cm³/mol. The van der Waals surface area contributed by atoms with E-state index in [-0.39, 0.29) is 83.1 Å². The number of ether oxygens (including phenoxy) is 3. The normalized spacial score (nSPS) is 10.4. The number of benzene rings is 12. The maximum absolute atomic E-state index is 12.9. The van der Waals surface area contributed by atoms with Crippen molar-refractivity contribution in [1.29, 1.82) is 0 Å². The van der Waals surface area contributed by atoms with E-state index >= 15 is 0 Å². The molecule has 15 rings (SSSR count). The van der Waals surface area contributed by atoms with Gasteiger partial charge in [-0.15, -0.1) is 38.3 Å². The molecule has 0 saturated heterocycles. The van der Waals surface area contributed by atoms with Gasteiger partial charge in [-0.05, 0) is 17.9 Å². The zero-order valence-corrected chi connectivity index (χ0v) is 111. The summed E-state index contributed by atoms with van der Waals surface area (Å²) in [6.45, 7) is 2.18. The SMILES string of the molecule is C.COc1c2ccccc2c(OC)c2c1sc1c(C)c3ccccc3c(OC)c12.CS(C)(=O)(O)OO.O=c1c2ccccc2c(=O)c2c1sc1c(=O)c3ccccc3c(=O)c12.Oc1c2ccccc2c(O)c2c1sc1c(O)c3ccccc3c(O)c12.S=S=S=S=S=S=S=S=S=S=S=S=S=S=S=S=S=S=S=S=S=S=S.S=S=S=S=S=S=S=S=S=S=S=S=S=S=S=S=S=S=S=S=S=S=S=S.[Cl][Ti][Cl]. The minimum atomic E-state index is -4.06. The van der Waals surface area contributed by atoms with Crippen molar-refractivity contribution >= 4 is 614 Å². The zero-order valence-electron chi connectivity index (χ0n) is 66.3. The second-order valence-electron chi connectivity index (χ2n) is 23.5. The number of methoxy groups -OCH3 is 3. The number of hydrogen-bond acceptors (Lipinski definition) is 21. The molecule has 12 aromatic carbocycles. The van der Waals surface area contributed by atoms with Crippen LogP contribution in [-0.2, 0) is 458 Å². The van der Waals surface area contributed by atoms with E-state index in [1.54, 1.807) is 414 Å². The quantitative estimate of drug-likeness (QED) is 0.0415. The van der Waals surface area contributed by atoms with Crippen molar-refractivity contribution in [2.75, 3.05) is 33.8 Å². The summed E-state index contributed by atoms with van der Waals surface area (Å²) in [5, 5.41) is 61.4. The topological polar surface area (TPSA) is 244 Å². The number of halogens is 2. The van der Waals surface area contributed by atoms with Crippen LogP contribution in [-0.4, -0.2) is 68.3 Å². The van der Waals surface area contributed by atoms with Gasteiger partial charge in [0.15, 0.2) is 10.9 Å². The monoisotopic (exact) mass is 2840 g/mol. The van der Waals surface area contributed by atoms with Crippen LogP contribution in [0.15, 0.2) is 165 Å². The summed E-state index contributed by atoms with van der Waals surface area (Å²) in [4.78, 5) is 51.5. The Morgan fingerprint density at radius 3 is 0.728 bits per heavy atom. The fourth-order valence-corrected chi connectivity index (χ4v) is 123. The number of phenolic OH excluding ortho intramolecular Hbond substituents is 4. The molecule has 0 unspecified atom stereocenters. The molecule has 136 heavy (non-hydrogen) atoms. The van der Waals surface area contributed by atoms with Crippen LogP contribution in [0.3, 0.4) is 0 Å². The van der Waals surface area contributed by atoms with E-state index in [1.807, 2.05) is 74.3 Å².